The maximum absolute atomic E-state index is 10.7. The summed E-state index contributed by atoms with van der Waals surface area (Å²) in [5, 5.41) is 0. The zero-order valence-corrected chi connectivity index (χ0v) is 18.3. The van der Waals surface area contributed by atoms with Crippen LogP contribution in [0.2, 0.25) is 0 Å². The van der Waals surface area contributed by atoms with Crippen molar-refractivity contribution in [3.05, 3.63) is 72.9 Å². The molecule has 0 aromatic heterocycles. The van der Waals surface area contributed by atoms with Gasteiger partial charge in [0, 0.05) is 0 Å². The highest BCUT2D eigenvalue weighted by atomic mass is 16.1. The van der Waals surface area contributed by atoms with E-state index in [1.807, 2.05) is 42.5 Å². The highest BCUT2D eigenvalue weighted by molar-refractivity contribution is 5.87. The summed E-state index contributed by atoms with van der Waals surface area (Å²) in [5.74, 6) is 0.0650. The molecule has 0 aliphatic heterocycles. The van der Waals surface area contributed by atoms with E-state index in [4.69, 9.17) is 0 Å². The molecule has 0 amide bonds. The lowest BCUT2D eigenvalue weighted by Gasteiger charge is -2.01. The molecule has 0 bridgehead atoms. The van der Waals surface area contributed by atoms with Crippen molar-refractivity contribution in [3.8, 4) is 0 Å². The summed E-state index contributed by atoms with van der Waals surface area (Å²) in [4.78, 5) is 10.7. The number of hydrogen-bond acceptors (Lipinski definition) is 1. The fourth-order valence-electron chi connectivity index (χ4n) is 2.81. The molecule has 0 N–H and O–H groups in total. The number of unbranched alkanes of at least 4 members (excludes halogenated alkanes) is 11. The smallest absolute Gasteiger partial charge is 0.152 e. The van der Waals surface area contributed by atoms with Crippen molar-refractivity contribution in [2.24, 2.45) is 0 Å². The largest absolute Gasteiger partial charge is 0.295 e. The number of rotatable bonds is 18. The van der Waals surface area contributed by atoms with Crippen LogP contribution in [0.4, 0.5) is 0 Å². The van der Waals surface area contributed by atoms with Crippen LogP contribution in [0, 0.1) is 0 Å². The number of allylic oxidation sites excluding steroid dienone is 12. The molecule has 0 aliphatic rings. The van der Waals surface area contributed by atoms with E-state index in [1.54, 1.807) is 19.1 Å². The molecule has 0 heterocycles. The Labute approximate surface area is 174 Å². The van der Waals surface area contributed by atoms with Crippen molar-refractivity contribution < 1.29 is 4.79 Å². The zero-order chi connectivity index (χ0) is 20.5. The molecule has 0 saturated carbocycles. The normalized spacial score (nSPS) is 12.9. The van der Waals surface area contributed by atoms with Gasteiger partial charge in [-0.15, -0.1) is 0 Å². The summed E-state index contributed by atoms with van der Waals surface area (Å²) < 4.78 is 0. The van der Waals surface area contributed by atoms with Crippen LogP contribution in [0.15, 0.2) is 72.9 Å². The van der Waals surface area contributed by atoms with E-state index in [1.165, 1.54) is 77.0 Å². The highest BCUT2D eigenvalue weighted by Gasteiger charge is 1.92. The van der Waals surface area contributed by atoms with E-state index in [0.29, 0.717) is 0 Å². The molecular weight excluding hydrogens is 340 g/mol. The Balaban J connectivity index is 3.46. The summed E-state index contributed by atoms with van der Waals surface area (Å²) in [6.45, 7) is 3.82. The minimum absolute atomic E-state index is 0.0650. The van der Waals surface area contributed by atoms with E-state index < -0.39 is 0 Å². The molecule has 1 heteroatoms. The van der Waals surface area contributed by atoms with Gasteiger partial charge in [-0.05, 0) is 25.8 Å². The van der Waals surface area contributed by atoms with E-state index in [0.717, 1.165) is 0 Å². The van der Waals surface area contributed by atoms with Crippen molar-refractivity contribution >= 4 is 5.78 Å². The fourth-order valence-corrected chi connectivity index (χ4v) is 2.81. The lowest BCUT2D eigenvalue weighted by molar-refractivity contribution is -0.112. The summed E-state index contributed by atoms with van der Waals surface area (Å²) in [5.41, 5.74) is 0. The maximum Gasteiger partial charge on any atom is 0.152 e. The Kier molecular flexibility index (Phi) is 21.6. The molecule has 156 valence electrons. The second-order valence-electron chi connectivity index (χ2n) is 7.26. The van der Waals surface area contributed by atoms with Gasteiger partial charge in [0.1, 0.15) is 0 Å². The minimum Gasteiger partial charge on any atom is -0.295 e. The first kappa shape index (κ1) is 26.1. The van der Waals surface area contributed by atoms with Gasteiger partial charge in [-0.25, -0.2) is 0 Å². The Bertz CT molecular complexity index is 514. The molecule has 0 saturated heterocycles. The Morgan fingerprint density at radius 1 is 0.536 bits per heavy atom. The predicted octanol–water partition coefficient (Wildman–Crippen LogP) is 8.61. The molecule has 28 heavy (non-hydrogen) atoms. The maximum atomic E-state index is 10.7. The van der Waals surface area contributed by atoms with Crippen molar-refractivity contribution in [1.29, 1.82) is 0 Å². The number of carbonyl (C=O) groups is 1. The minimum atomic E-state index is 0.0650. The molecular formula is C27H42O. The van der Waals surface area contributed by atoms with Crippen molar-refractivity contribution in [2.45, 2.75) is 90.9 Å². The first-order valence-corrected chi connectivity index (χ1v) is 11.3. The molecule has 0 unspecified atom stereocenters. The molecule has 0 aliphatic carbocycles. The number of hydrogen-bond donors (Lipinski definition) is 0. The summed E-state index contributed by atoms with van der Waals surface area (Å²) in [6.07, 6.45) is 40.1. The van der Waals surface area contributed by atoms with Gasteiger partial charge in [-0.3, -0.25) is 4.79 Å². The van der Waals surface area contributed by atoms with Gasteiger partial charge in [-0.1, -0.05) is 138 Å². The van der Waals surface area contributed by atoms with Crippen LogP contribution >= 0.6 is 0 Å². The first-order chi connectivity index (χ1) is 13.8. The van der Waals surface area contributed by atoms with Crippen LogP contribution in [-0.4, -0.2) is 5.78 Å². The molecule has 0 radical (unpaired) electrons. The van der Waals surface area contributed by atoms with Gasteiger partial charge in [0.2, 0.25) is 0 Å². The van der Waals surface area contributed by atoms with Crippen LogP contribution in [0.5, 0.6) is 0 Å². The summed E-state index contributed by atoms with van der Waals surface area (Å²) >= 11 is 0. The van der Waals surface area contributed by atoms with Crippen LogP contribution < -0.4 is 0 Å². The monoisotopic (exact) mass is 382 g/mol. The summed E-state index contributed by atoms with van der Waals surface area (Å²) in [6, 6.07) is 0. The van der Waals surface area contributed by atoms with Crippen LogP contribution in [0.25, 0.3) is 0 Å². The average Bonchev–Trinajstić information content (AvgIpc) is 2.68. The standard InChI is InChI=1S/C27H42O/c1-3-4-5-6-7-8-9-10-11-12-13-14-15-16-17-18-19-20-21-22-23-24-25-26-27(2)28/h15-26H,3-14H2,1-2H3. The molecule has 0 fully saturated rings. The first-order valence-electron chi connectivity index (χ1n) is 11.3. The Morgan fingerprint density at radius 2 is 0.929 bits per heavy atom. The van der Waals surface area contributed by atoms with Crippen LogP contribution in [0.3, 0.4) is 0 Å². The average molecular weight is 383 g/mol. The van der Waals surface area contributed by atoms with Crippen molar-refractivity contribution in [3.63, 3.8) is 0 Å². The highest BCUT2D eigenvalue weighted by Crippen LogP contribution is 2.11. The Morgan fingerprint density at radius 3 is 1.39 bits per heavy atom. The second-order valence-corrected chi connectivity index (χ2v) is 7.26. The topological polar surface area (TPSA) is 17.1 Å². The van der Waals surface area contributed by atoms with E-state index in [2.05, 4.69) is 25.2 Å². The molecule has 0 spiro atoms. The second kappa shape index (κ2) is 23.1. The van der Waals surface area contributed by atoms with Gasteiger partial charge >= 0.3 is 0 Å². The quantitative estimate of drug-likeness (QED) is 0.132. The third kappa shape index (κ3) is 24.1. The molecule has 0 aromatic carbocycles. The van der Waals surface area contributed by atoms with Gasteiger partial charge in [-0.2, -0.15) is 0 Å². The molecule has 0 atom stereocenters. The predicted molar refractivity (Wildman–Crippen MR) is 127 cm³/mol. The SMILES string of the molecule is CCCCCCCCCCCCCC=CC=CC=CC=CC=CC=CC(C)=O. The van der Waals surface area contributed by atoms with Gasteiger partial charge in [0.05, 0.1) is 0 Å². The zero-order valence-electron chi connectivity index (χ0n) is 18.3. The molecule has 0 aromatic rings. The lowest BCUT2D eigenvalue weighted by atomic mass is 10.1. The number of carbonyl (C=O) groups excluding carboxylic acids is 1. The lowest BCUT2D eigenvalue weighted by Crippen LogP contribution is -1.81. The summed E-state index contributed by atoms with van der Waals surface area (Å²) in [7, 11) is 0. The fraction of sp³-hybridized carbons (Fsp3) is 0.519. The van der Waals surface area contributed by atoms with Gasteiger partial charge in [0.15, 0.2) is 5.78 Å². The van der Waals surface area contributed by atoms with Crippen molar-refractivity contribution in [2.75, 3.05) is 0 Å². The van der Waals surface area contributed by atoms with E-state index in [9.17, 15) is 4.79 Å². The molecule has 1 nitrogen and oxygen atoms in total. The third-order valence-corrected chi connectivity index (χ3v) is 4.44. The van der Waals surface area contributed by atoms with Gasteiger partial charge < -0.3 is 0 Å². The molecule has 0 rings (SSSR count). The van der Waals surface area contributed by atoms with Crippen LogP contribution in [-0.2, 0) is 4.79 Å². The third-order valence-electron chi connectivity index (χ3n) is 4.44. The van der Waals surface area contributed by atoms with E-state index in [-0.39, 0.29) is 5.78 Å². The van der Waals surface area contributed by atoms with E-state index >= 15 is 0 Å². The van der Waals surface area contributed by atoms with Crippen molar-refractivity contribution in [1.82, 2.24) is 0 Å². The van der Waals surface area contributed by atoms with Crippen LogP contribution in [0.1, 0.15) is 90.9 Å². The number of ketones is 1. The Hall–Kier alpha value is -1.89. The van der Waals surface area contributed by atoms with Gasteiger partial charge in [0.25, 0.3) is 0 Å².